The predicted octanol–water partition coefficient (Wildman–Crippen LogP) is -0.0878. The van der Waals surface area contributed by atoms with Crippen LogP contribution < -0.4 is 16.0 Å². The highest BCUT2D eigenvalue weighted by atomic mass is 16.2. The molecule has 2 rings (SSSR count). The van der Waals surface area contributed by atoms with Crippen molar-refractivity contribution in [3.05, 3.63) is 18.5 Å². The van der Waals surface area contributed by atoms with Crippen LogP contribution in [0.15, 0.2) is 18.5 Å². The van der Waals surface area contributed by atoms with Gasteiger partial charge in [-0.2, -0.15) is 0 Å². The lowest BCUT2D eigenvalue weighted by Gasteiger charge is -2.33. The van der Waals surface area contributed by atoms with E-state index in [0.29, 0.717) is 12.5 Å². The molecule has 2 heterocycles. The van der Waals surface area contributed by atoms with Crippen molar-refractivity contribution in [2.45, 2.75) is 31.3 Å². The number of carbonyl (C=O) groups excluding carboxylic acids is 1. The summed E-state index contributed by atoms with van der Waals surface area (Å²) in [6.45, 7) is 1.59. The number of nitrogens with zero attached hydrogens (tertiary/aromatic N) is 3. The molecule has 1 fully saturated rings. The Morgan fingerprint density at radius 3 is 3.05 bits per heavy atom. The second-order valence-electron chi connectivity index (χ2n) is 4.86. The number of amides is 1. The molecule has 1 saturated heterocycles. The second-order valence-corrected chi connectivity index (χ2v) is 4.86. The molecular weight excluding hydrogens is 254 g/mol. The van der Waals surface area contributed by atoms with Crippen LogP contribution in [0.3, 0.4) is 0 Å². The number of carbonyl (C=O) groups is 1. The summed E-state index contributed by atoms with van der Waals surface area (Å²) in [6, 6.07) is 1.21. The van der Waals surface area contributed by atoms with Gasteiger partial charge in [-0.05, 0) is 18.9 Å². The van der Waals surface area contributed by atoms with Gasteiger partial charge >= 0.3 is 0 Å². The van der Waals surface area contributed by atoms with E-state index < -0.39 is 6.04 Å². The summed E-state index contributed by atoms with van der Waals surface area (Å²) in [6.07, 6.45) is 10.8. The molecule has 2 unspecified atom stereocenters. The molecule has 1 aromatic rings. The Hall–Kier alpha value is -2.13. The van der Waals surface area contributed by atoms with Gasteiger partial charge in [-0.15, -0.1) is 12.3 Å². The Labute approximate surface area is 118 Å². The topological polar surface area (TPSA) is 84.1 Å². The number of rotatable bonds is 4. The molecular formula is C14H19N5O. The molecule has 1 aromatic heterocycles. The van der Waals surface area contributed by atoms with Crippen molar-refractivity contribution in [1.82, 2.24) is 15.3 Å². The van der Waals surface area contributed by atoms with Gasteiger partial charge in [0.25, 0.3) is 0 Å². The average molecular weight is 273 g/mol. The number of aromatic nitrogens is 2. The smallest absolute Gasteiger partial charge is 0.238 e. The summed E-state index contributed by atoms with van der Waals surface area (Å²) < 4.78 is 0. The fourth-order valence-corrected chi connectivity index (χ4v) is 2.26. The highest BCUT2D eigenvalue weighted by Gasteiger charge is 2.24. The lowest BCUT2D eigenvalue weighted by Crippen LogP contribution is -2.52. The molecule has 6 nitrogen and oxygen atoms in total. The minimum Gasteiger partial charge on any atom is -0.350 e. The monoisotopic (exact) mass is 273 g/mol. The highest BCUT2D eigenvalue weighted by molar-refractivity contribution is 5.82. The van der Waals surface area contributed by atoms with Crippen molar-refractivity contribution in [1.29, 1.82) is 0 Å². The number of nitrogens with one attached hydrogen (secondary N) is 1. The van der Waals surface area contributed by atoms with E-state index in [2.05, 4.69) is 26.1 Å². The van der Waals surface area contributed by atoms with E-state index in [1.54, 1.807) is 18.5 Å². The molecule has 6 heteroatoms. The van der Waals surface area contributed by atoms with Gasteiger partial charge in [0.15, 0.2) is 0 Å². The quantitative estimate of drug-likeness (QED) is 0.749. The molecule has 0 aliphatic carbocycles. The summed E-state index contributed by atoms with van der Waals surface area (Å²) >= 11 is 0. The van der Waals surface area contributed by atoms with Crippen LogP contribution >= 0.6 is 0 Å². The normalized spacial score (nSPS) is 20.0. The number of anilines is 1. The SMILES string of the molecule is C#CCC(N)C(=O)NC1CCCN(c2ncccn2)C1. The maximum absolute atomic E-state index is 11.9. The predicted molar refractivity (Wildman–Crippen MR) is 76.8 cm³/mol. The lowest BCUT2D eigenvalue weighted by molar-refractivity contribution is -0.123. The van der Waals surface area contributed by atoms with Crippen LogP contribution in [0.4, 0.5) is 5.95 Å². The zero-order chi connectivity index (χ0) is 14.4. The van der Waals surface area contributed by atoms with Crippen molar-refractivity contribution >= 4 is 11.9 Å². The van der Waals surface area contributed by atoms with Crippen LogP contribution in [-0.2, 0) is 4.79 Å². The minimum absolute atomic E-state index is 0.0591. The standard InChI is InChI=1S/C14H19N5O/c1-2-5-12(15)13(20)18-11-6-3-9-19(10-11)14-16-7-4-8-17-14/h1,4,7-8,11-12H,3,5-6,9-10,15H2,(H,18,20). The van der Waals surface area contributed by atoms with Crippen molar-refractivity contribution < 1.29 is 4.79 Å². The summed E-state index contributed by atoms with van der Waals surface area (Å²) in [5.74, 6) is 2.91. The molecule has 3 N–H and O–H groups in total. The van der Waals surface area contributed by atoms with Crippen LogP contribution in [0.2, 0.25) is 0 Å². The molecule has 0 aromatic carbocycles. The van der Waals surface area contributed by atoms with E-state index in [4.69, 9.17) is 12.2 Å². The van der Waals surface area contributed by atoms with E-state index >= 15 is 0 Å². The largest absolute Gasteiger partial charge is 0.350 e. The highest BCUT2D eigenvalue weighted by Crippen LogP contribution is 2.15. The Morgan fingerprint density at radius 1 is 1.60 bits per heavy atom. The van der Waals surface area contributed by atoms with Gasteiger partial charge in [-0.1, -0.05) is 0 Å². The molecule has 1 amide bonds. The van der Waals surface area contributed by atoms with Crippen LogP contribution in [0.5, 0.6) is 0 Å². The van der Waals surface area contributed by atoms with Crippen molar-refractivity contribution in [2.24, 2.45) is 5.73 Å². The van der Waals surface area contributed by atoms with Crippen molar-refractivity contribution in [2.75, 3.05) is 18.0 Å². The minimum atomic E-state index is -0.636. The number of piperidine rings is 1. The third kappa shape index (κ3) is 3.68. The zero-order valence-corrected chi connectivity index (χ0v) is 11.3. The summed E-state index contributed by atoms with van der Waals surface area (Å²) in [5, 5.41) is 2.95. The molecule has 20 heavy (non-hydrogen) atoms. The molecule has 2 atom stereocenters. The maximum atomic E-state index is 11.9. The van der Waals surface area contributed by atoms with Crippen LogP contribution in [0.25, 0.3) is 0 Å². The van der Waals surface area contributed by atoms with Gasteiger partial charge in [0.1, 0.15) is 0 Å². The van der Waals surface area contributed by atoms with Gasteiger partial charge in [0, 0.05) is 37.9 Å². The third-order valence-electron chi connectivity index (χ3n) is 3.28. The molecule has 1 aliphatic heterocycles. The van der Waals surface area contributed by atoms with Gasteiger partial charge in [0.2, 0.25) is 11.9 Å². The maximum Gasteiger partial charge on any atom is 0.238 e. The lowest BCUT2D eigenvalue weighted by atomic mass is 10.1. The fourth-order valence-electron chi connectivity index (χ4n) is 2.26. The van der Waals surface area contributed by atoms with Gasteiger partial charge in [-0.3, -0.25) is 4.79 Å². The number of hydrogen-bond donors (Lipinski definition) is 2. The molecule has 1 aliphatic rings. The molecule has 0 bridgehead atoms. The Balaban J connectivity index is 1.91. The number of nitrogens with two attached hydrogens (primary N) is 1. The Bertz CT molecular complexity index is 484. The first-order chi connectivity index (χ1) is 9.70. The molecule has 0 saturated carbocycles. The van der Waals surface area contributed by atoms with Gasteiger partial charge in [0.05, 0.1) is 6.04 Å². The Kier molecular flexibility index (Phi) is 4.91. The van der Waals surface area contributed by atoms with E-state index in [0.717, 1.165) is 19.4 Å². The summed E-state index contributed by atoms with van der Waals surface area (Å²) in [5.41, 5.74) is 5.70. The molecule has 0 spiro atoms. The Morgan fingerprint density at radius 2 is 2.35 bits per heavy atom. The molecule has 0 radical (unpaired) electrons. The van der Waals surface area contributed by atoms with Crippen LogP contribution in [-0.4, -0.2) is 41.0 Å². The molecule has 106 valence electrons. The van der Waals surface area contributed by atoms with Crippen LogP contribution in [0, 0.1) is 12.3 Å². The number of terminal acetylenes is 1. The van der Waals surface area contributed by atoms with E-state index in [1.807, 2.05) is 0 Å². The zero-order valence-electron chi connectivity index (χ0n) is 11.3. The van der Waals surface area contributed by atoms with E-state index in [9.17, 15) is 4.79 Å². The fraction of sp³-hybridized carbons (Fsp3) is 0.500. The first kappa shape index (κ1) is 14.3. The number of hydrogen-bond acceptors (Lipinski definition) is 5. The average Bonchev–Trinajstić information content (AvgIpc) is 2.48. The van der Waals surface area contributed by atoms with Gasteiger partial charge < -0.3 is 16.0 Å². The first-order valence-electron chi connectivity index (χ1n) is 6.72. The second kappa shape index (κ2) is 6.87. The summed E-state index contributed by atoms with van der Waals surface area (Å²) in [7, 11) is 0. The van der Waals surface area contributed by atoms with E-state index in [-0.39, 0.29) is 18.4 Å². The van der Waals surface area contributed by atoms with Crippen molar-refractivity contribution in [3.8, 4) is 12.3 Å². The van der Waals surface area contributed by atoms with Gasteiger partial charge in [-0.25, -0.2) is 9.97 Å². The first-order valence-corrected chi connectivity index (χ1v) is 6.72. The van der Waals surface area contributed by atoms with E-state index in [1.165, 1.54) is 0 Å². The van der Waals surface area contributed by atoms with Crippen LogP contribution in [0.1, 0.15) is 19.3 Å². The summed E-state index contributed by atoms with van der Waals surface area (Å²) in [4.78, 5) is 22.4. The van der Waals surface area contributed by atoms with Crippen molar-refractivity contribution in [3.63, 3.8) is 0 Å². The third-order valence-corrected chi connectivity index (χ3v) is 3.28.